The lowest BCUT2D eigenvalue weighted by atomic mass is 9.37. The molecule has 6 aliphatic carbocycles. The van der Waals surface area contributed by atoms with Crippen LogP contribution in [0.4, 0.5) is 0 Å². The Morgan fingerprint density at radius 2 is 0.855 bits per heavy atom. The number of carboxylic acid groups (broad SMARTS) is 1. The number of ether oxygens (including phenoxy) is 5. The van der Waals surface area contributed by atoms with Crippen molar-refractivity contribution in [3.8, 4) is 0 Å². The molecule has 21 heteroatoms. The van der Waals surface area contributed by atoms with E-state index in [-0.39, 0.29) is 92.9 Å². The number of aliphatic hydroxyl groups is 7. The number of carboxylic acids is 1. The summed E-state index contributed by atoms with van der Waals surface area (Å²) in [4.78, 5) is 105. The number of carbonyl (C=O) groups is 8. The fourth-order valence-corrected chi connectivity index (χ4v) is 22.9. The highest BCUT2D eigenvalue weighted by atomic mass is 16.7. The molecule has 10 aliphatic rings. The maximum absolute atomic E-state index is 14.0. The fraction of sp³-hybridized carbons (Fsp3) is 0.650. The van der Waals surface area contributed by atoms with Crippen molar-refractivity contribution < 1.29 is 103 Å². The molecule has 4 saturated carbocycles. The fourth-order valence-electron chi connectivity index (χ4n) is 22.9. The number of aliphatic hydroxyl groups excluding tert-OH is 3. The third-order valence-electron chi connectivity index (χ3n) is 29.3. The molecule has 0 radical (unpaired) electrons. The molecule has 4 saturated heterocycles. The largest absolute Gasteiger partial charge is 0.481 e. The standard InChI is InChI=1S/C52H74O10.C29H42O9.C22H32O2/c1-9-10-11-12-13-14-15-16-17-18-19-20-21-22-23-24-25-26-27-28-43(55)62-46-41(54)29-36(6)40-31-42-50-33-60-52(59,48(50)49(40,46)8)45(56)37(7)44(50)39(47(57)61-42)30-38(53)32-51(58,34(2)3)35(4)5;1-12(2)28(35,13(3)4)10-16(30)8-18-22-15(6)25(33)29(36)24-21-17(14(5)7-19(31)23(21)32)9-20(38-26(18)34)27(22,24)11-37-29;1-2-3-4-5-6-7-8-9-10-11-12-13-14-15-16-17-18-19-20-21-22(23)24/h10-11,13-14,16-17,19-20,22-23,25-26,29,34-35,37,39-40,42,44-46,48,56,58-59H,9,12,15,18,21,24,27-28,30-33H2,1-8H3;7,12-13,15,17-18,20-25,32-33,35-36H,8-11H2,1-6H3;3-4,6-7,9-10,12-13,15-16,18-19H,2,5,8,11,14,17,20-21H2,1H3,(H,23,24)/b11-10-,14-13-,17-16-,20-19-,23-22-,26-25-;;4-3-,7-6-,10-9-,13-12-,16-15-,19-18-/t37-,39?,40+,42-,44?,45-,46-,48?,49-,50+,52+;15-,17+,18?,20-,21-,22?,23-,24?,25-,27+,29-;/m11./s1. The number of rotatable bonds is 41. The van der Waals surface area contributed by atoms with Gasteiger partial charge in [0, 0.05) is 72.5 Å². The minimum Gasteiger partial charge on any atom is -0.481 e. The van der Waals surface area contributed by atoms with Crippen LogP contribution in [-0.4, -0.2) is 160 Å². The Kier molecular flexibility index (Phi) is 37.4. The van der Waals surface area contributed by atoms with Gasteiger partial charge in [-0.2, -0.15) is 0 Å². The minimum absolute atomic E-state index is 0.0162. The first-order valence-corrected chi connectivity index (χ1v) is 46.1. The molecule has 6 unspecified atom stereocenters. The van der Waals surface area contributed by atoms with Gasteiger partial charge < -0.3 is 64.5 Å². The number of hydrogen-bond acceptors (Lipinski definition) is 20. The summed E-state index contributed by atoms with van der Waals surface area (Å²) in [5, 5.41) is 90.0. The van der Waals surface area contributed by atoms with E-state index < -0.39 is 170 Å². The van der Waals surface area contributed by atoms with E-state index in [0.717, 1.165) is 76.2 Å². The topological polar surface area (TPSA) is 345 Å². The van der Waals surface area contributed by atoms with Crippen LogP contribution in [0.1, 0.15) is 245 Å². The van der Waals surface area contributed by atoms with E-state index in [2.05, 4.69) is 135 Å². The molecule has 4 heterocycles. The normalized spacial score (nSPS) is 34.0. The van der Waals surface area contributed by atoms with E-state index in [4.69, 9.17) is 28.8 Å². The molecule has 8 fully saturated rings. The first-order chi connectivity index (χ1) is 58.8. The molecule has 22 atom stereocenters. The number of aliphatic carboxylic acids is 1. The van der Waals surface area contributed by atoms with Crippen LogP contribution in [0, 0.1) is 105 Å². The van der Waals surface area contributed by atoms with Crippen LogP contribution in [0.3, 0.4) is 0 Å². The van der Waals surface area contributed by atoms with Crippen LogP contribution >= 0.6 is 0 Å². The van der Waals surface area contributed by atoms with Crippen molar-refractivity contribution in [2.75, 3.05) is 13.2 Å². The second-order valence-corrected chi connectivity index (χ2v) is 38.2. The molecule has 0 amide bonds. The summed E-state index contributed by atoms with van der Waals surface area (Å²) in [7, 11) is 0. The van der Waals surface area contributed by atoms with E-state index in [1.54, 1.807) is 20.8 Å². The van der Waals surface area contributed by atoms with Crippen molar-refractivity contribution in [1.82, 2.24) is 0 Å². The summed E-state index contributed by atoms with van der Waals surface area (Å²) < 4.78 is 30.7. The number of hydrogen-bond donors (Lipinski definition) is 8. The third kappa shape index (κ3) is 22.4. The Morgan fingerprint density at radius 3 is 1.26 bits per heavy atom. The maximum Gasteiger partial charge on any atom is 0.309 e. The number of ketones is 4. The van der Waals surface area contributed by atoms with Crippen molar-refractivity contribution in [2.24, 2.45) is 105 Å². The van der Waals surface area contributed by atoms with Gasteiger partial charge in [-0.15, -0.1) is 0 Å². The van der Waals surface area contributed by atoms with Gasteiger partial charge in [-0.1, -0.05) is 247 Å². The van der Waals surface area contributed by atoms with Gasteiger partial charge in [-0.3, -0.25) is 38.4 Å². The van der Waals surface area contributed by atoms with Crippen LogP contribution in [0.2, 0.25) is 0 Å². The molecule has 124 heavy (non-hydrogen) atoms. The molecule has 4 aliphatic heterocycles. The lowest BCUT2D eigenvalue weighted by Gasteiger charge is -2.68. The lowest BCUT2D eigenvalue weighted by Crippen LogP contribution is -2.77. The van der Waals surface area contributed by atoms with Gasteiger partial charge in [0.15, 0.2) is 29.2 Å². The SMILES string of the molecule is CC/C=C\C/C=C\C/C=C\C/C=C\C/C=C\C/C=C\CCC(=O)O.CC/C=C\C/C=C\C/C=C\C/C=C\C/C=C\C/C=C\CCC(=O)O[C@@H]1C(=O)C=C(C)[C@@H]2C[C@H]3OC(=O)C(CC(=O)CC(O)(C(C)C)C(C)C)C4[C@@H](C)[C@@H](O)[C@]5(O)OC[C@@]43C5[C@@]12C.CC1=CC(=O)[C@@H](O)[C@@H]2C3[C@]45CO[C@@]3(O)[C@H](O)[C@H](C)C4C(CC(=O)CC(O)(C(C)C)C(C)C)C(=O)O[C@@H]5C[C@@H]12. The monoisotopic (exact) mass is 1720 g/mol. The zero-order valence-corrected chi connectivity index (χ0v) is 76.5. The van der Waals surface area contributed by atoms with Crippen LogP contribution < -0.4 is 0 Å². The highest BCUT2D eigenvalue weighted by Gasteiger charge is 2.84. The van der Waals surface area contributed by atoms with E-state index >= 15 is 0 Å². The van der Waals surface area contributed by atoms with Crippen LogP contribution in [0.5, 0.6) is 0 Å². The summed E-state index contributed by atoms with van der Waals surface area (Å²) in [5.41, 5.74) is -4.40. The van der Waals surface area contributed by atoms with E-state index in [1.165, 1.54) is 12.2 Å². The van der Waals surface area contributed by atoms with E-state index in [9.17, 15) is 74.1 Å². The second-order valence-electron chi connectivity index (χ2n) is 38.2. The first kappa shape index (κ1) is 102. The van der Waals surface area contributed by atoms with Gasteiger partial charge in [0.2, 0.25) is 0 Å². The van der Waals surface area contributed by atoms with Gasteiger partial charge in [-0.05, 0) is 188 Å². The molecule has 10 rings (SSSR count). The zero-order valence-electron chi connectivity index (χ0n) is 76.5. The smallest absolute Gasteiger partial charge is 0.309 e. The second kappa shape index (κ2) is 45.5. The average molecular weight is 1720 g/mol. The zero-order chi connectivity index (χ0) is 91.3. The summed E-state index contributed by atoms with van der Waals surface area (Å²) in [5.74, 6) is -16.6. The quantitative estimate of drug-likeness (QED) is 0.0160. The van der Waals surface area contributed by atoms with Crippen molar-refractivity contribution in [3.63, 3.8) is 0 Å². The van der Waals surface area contributed by atoms with E-state index in [1.807, 2.05) is 93.5 Å². The first-order valence-electron chi connectivity index (χ1n) is 46.1. The Hall–Kier alpha value is -7.44. The third-order valence-corrected chi connectivity index (χ3v) is 29.3. The van der Waals surface area contributed by atoms with Gasteiger partial charge in [0.05, 0.1) is 36.3 Å². The van der Waals surface area contributed by atoms with Gasteiger partial charge in [-0.25, -0.2) is 0 Å². The molecule has 4 bridgehead atoms. The lowest BCUT2D eigenvalue weighted by molar-refractivity contribution is -0.337. The van der Waals surface area contributed by atoms with Crippen molar-refractivity contribution in [3.05, 3.63) is 169 Å². The van der Waals surface area contributed by atoms with Gasteiger partial charge in [0.25, 0.3) is 0 Å². The molecule has 686 valence electrons. The van der Waals surface area contributed by atoms with Gasteiger partial charge in [0.1, 0.15) is 42.1 Å². The molecular weight excluding hydrogens is 1570 g/mol. The summed E-state index contributed by atoms with van der Waals surface area (Å²) in [6.45, 7) is 28.0. The number of Topliss-reactive ketones (excluding diaryl/α,β-unsaturated/α-hetero) is 2. The Labute approximate surface area is 737 Å². The van der Waals surface area contributed by atoms with Crippen molar-refractivity contribution in [2.45, 2.75) is 305 Å². The van der Waals surface area contributed by atoms with Crippen LogP contribution in [0.15, 0.2) is 169 Å². The van der Waals surface area contributed by atoms with Crippen LogP contribution in [0.25, 0.3) is 0 Å². The molecule has 0 aromatic heterocycles. The number of fused-ring (bicyclic) bond motifs is 2. The van der Waals surface area contributed by atoms with E-state index in [0.29, 0.717) is 37.7 Å². The molecular formula is C103H148O21. The molecule has 21 nitrogen and oxygen atoms in total. The van der Waals surface area contributed by atoms with Crippen molar-refractivity contribution in [1.29, 1.82) is 0 Å². The highest BCUT2D eigenvalue weighted by Crippen LogP contribution is 2.76. The Bertz CT molecular complexity index is 4100. The average Bonchev–Trinajstić information content (AvgIpc) is 1.43. The molecule has 2 spiro atoms. The summed E-state index contributed by atoms with van der Waals surface area (Å²) in [6, 6.07) is 0. The number of esters is 3. The molecule has 0 aromatic rings. The van der Waals surface area contributed by atoms with Crippen molar-refractivity contribution >= 4 is 47.0 Å². The van der Waals surface area contributed by atoms with Gasteiger partial charge >= 0.3 is 23.9 Å². The predicted octanol–water partition coefficient (Wildman–Crippen LogP) is 16.8. The van der Waals surface area contributed by atoms with Crippen LogP contribution in [-0.2, 0) is 62.0 Å². The summed E-state index contributed by atoms with van der Waals surface area (Å²) >= 11 is 0. The number of allylic oxidation sites excluding steroid dienone is 26. The Balaban J connectivity index is 0.000000260. The summed E-state index contributed by atoms with van der Waals surface area (Å²) in [6.07, 6.45) is 59.7. The minimum atomic E-state index is -2.15. The predicted molar refractivity (Wildman–Crippen MR) is 479 cm³/mol. The number of carbonyl (C=O) groups excluding carboxylic acids is 7. The molecule has 8 N–H and O–H groups in total. The highest BCUT2D eigenvalue weighted by molar-refractivity contribution is 5.98. The maximum atomic E-state index is 14.0. The Morgan fingerprint density at radius 1 is 0.500 bits per heavy atom. The molecule has 0 aromatic carbocycles.